The summed E-state index contributed by atoms with van der Waals surface area (Å²) in [7, 11) is 1.26. The number of carbonyl (C=O) groups excluding carboxylic acids is 3. The molecule has 2 aliphatic rings. The van der Waals surface area contributed by atoms with Crippen LogP contribution in [0, 0.1) is 20.8 Å². The number of Topliss-reactive ketones (excluding diaryl/α,β-unsaturated/α-hetero) is 1. The second-order valence-electron chi connectivity index (χ2n) is 8.51. The zero-order valence-electron chi connectivity index (χ0n) is 19.8. The molecule has 4 rings (SSSR count). The molecule has 4 heterocycles. The number of aryl methyl sites for hydroxylation is 2. The number of furan rings is 1. The van der Waals surface area contributed by atoms with E-state index in [4.69, 9.17) is 13.9 Å². The standard InChI is InChI=1S/C24H29N3O7/c1-13-5-6-16(34-13)20-18(21(28)17-14(2)19(24(31)32-4)25-15(17)3)22(29)23(30)27(20)8-7-26-9-11-33-12-10-26/h5-6,20,25,28H,7-12H2,1-4H3/t20-/m1/s1. The zero-order valence-corrected chi connectivity index (χ0v) is 19.8. The summed E-state index contributed by atoms with van der Waals surface area (Å²) < 4.78 is 16.0. The minimum atomic E-state index is -0.884. The summed E-state index contributed by atoms with van der Waals surface area (Å²) in [5.41, 5.74) is 1.30. The van der Waals surface area contributed by atoms with Gasteiger partial charge in [-0.1, -0.05) is 0 Å². The average molecular weight is 472 g/mol. The molecule has 0 unspecified atom stereocenters. The maximum absolute atomic E-state index is 13.2. The van der Waals surface area contributed by atoms with Gasteiger partial charge in [0.15, 0.2) is 0 Å². The molecular weight excluding hydrogens is 442 g/mol. The Morgan fingerprint density at radius 1 is 1.18 bits per heavy atom. The number of esters is 1. The number of nitrogens with one attached hydrogen (secondary N) is 1. The number of ether oxygens (including phenoxy) is 2. The topological polar surface area (TPSA) is 125 Å². The third-order valence-electron chi connectivity index (χ3n) is 6.40. The van der Waals surface area contributed by atoms with Crippen molar-refractivity contribution in [3.8, 4) is 0 Å². The van der Waals surface area contributed by atoms with Gasteiger partial charge in [-0.05, 0) is 38.5 Å². The lowest BCUT2D eigenvalue weighted by Gasteiger charge is -2.30. The molecule has 1 atom stereocenters. The second-order valence-corrected chi connectivity index (χ2v) is 8.51. The summed E-state index contributed by atoms with van der Waals surface area (Å²) in [6.07, 6.45) is 0. The molecule has 2 aromatic heterocycles. The maximum Gasteiger partial charge on any atom is 0.354 e. The zero-order chi connectivity index (χ0) is 24.6. The highest BCUT2D eigenvalue weighted by molar-refractivity contribution is 6.46. The Bertz CT molecular complexity index is 1150. The van der Waals surface area contributed by atoms with Crippen LogP contribution in [0.15, 0.2) is 22.1 Å². The Hall–Kier alpha value is -3.37. The number of hydrogen-bond acceptors (Lipinski definition) is 8. The van der Waals surface area contributed by atoms with Gasteiger partial charge >= 0.3 is 5.97 Å². The highest BCUT2D eigenvalue weighted by atomic mass is 16.5. The van der Waals surface area contributed by atoms with Crippen LogP contribution in [0.2, 0.25) is 0 Å². The first kappa shape index (κ1) is 23.8. The smallest absolute Gasteiger partial charge is 0.354 e. The average Bonchev–Trinajstić information content (AvgIpc) is 3.46. The summed E-state index contributed by atoms with van der Waals surface area (Å²) in [6, 6.07) is 2.57. The number of aromatic nitrogens is 1. The molecule has 0 spiro atoms. The number of amides is 1. The Morgan fingerprint density at radius 2 is 1.88 bits per heavy atom. The minimum absolute atomic E-state index is 0.0667. The molecule has 2 fully saturated rings. The number of aliphatic hydroxyl groups is 1. The fourth-order valence-electron chi connectivity index (χ4n) is 4.63. The van der Waals surface area contributed by atoms with Gasteiger partial charge in [-0.2, -0.15) is 0 Å². The SMILES string of the molecule is COC(=O)c1[nH]c(C)c(C(O)=C2C(=O)C(=O)N(CCN3CCOCC3)[C@@H]2c2ccc(C)o2)c1C. The van der Waals surface area contributed by atoms with Gasteiger partial charge in [0.1, 0.15) is 29.0 Å². The normalized spacial score (nSPS) is 20.8. The molecule has 2 N–H and O–H groups in total. The quantitative estimate of drug-likeness (QED) is 0.284. The Kier molecular flexibility index (Phi) is 6.63. The van der Waals surface area contributed by atoms with E-state index in [9.17, 15) is 19.5 Å². The Labute approximate surface area is 197 Å². The lowest BCUT2D eigenvalue weighted by molar-refractivity contribution is -0.140. The summed E-state index contributed by atoms with van der Waals surface area (Å²) in [6.45, 7) is 8.65. The first-order valence-electron chi connectivity index (χ1n) is 11.2. The maximum atomic E-state index is 13.2. The first-order valence-corrected chi connectivity index (χ1v) is 11.2. The number of rotatable bonds is 6. The van der Waals surface area contributed by atoms with Crippen LogP contribution in [-0.2, 0) is 19.1 Å². The van der Waals surface area contributed by atoms with E-state index < -0.39 is 23.7 Å². The summed E-state index contributed by atoms with van der Waals surface area (Å²) in [5.74, 6) is -1.43. The number of ketones is 1. The van der Waals surface area contributed by atoms with Crippen molar-refractivity contribution in [3.05, 3.63) is 51.7 Å². The van der Waals surface area contributed by atoms with E-state index in [0.717, 1.165) is 13.1 Å². The highest BCUT2D eigenvalue weighted by Gasteiger charge is 2.48. The van der Waals surface area contributed by atoms with Gasteiger partial charge in [-0.15, -0.1) is 0 Å². The van der Waals surface area contributed by atoms with Crippen LogP contribution in [0.5, 0.6) is 0 Å². The number of H-pyrrole nitrogens is 1. The fraction of sp³-hybridized carbons (Fsp3) is 0.458. The van der Waals surface area contributed by atoms with Gasteiger partial charge in [0.05, 0.1) is 25.9 Å². The van der Waals surface area contributed by atoms with Crippen molar-refractivity contribution in [3.63, 3.8) is 0 Å². The van der Waals surface area contributed by atoms with Crippen LogP contribution >= 0.6 is 0 Å². The number of carbonyl (C=O) groups is 3. The van der Waals surface area contributed by atoms with Gasteiger partial charge in [0, 0.05) is 37.4 Å². The molecular formula is C24H29N3O7. The van der Waals surface area contributed by atoms with E-state index >= 15 is 0 Å². The van der Waals surface area contributed by atoms with Crippen LogP contribution in [0.1, 0.15) is 44.9 Å². The van der Waals surface area contributed by atoms with E-state index in [1.165, 1.54) is 12.0 Å². The molecule has 182 valence electrons. The summed E-state index contributed by atoms with van der Waals surface area (Å²) in [5, 5.41) is 11.4. The molecule has 0 aromatic carbocycles. The van der Waals surface area contributed by atoms with Crippen molar-refractivity contribution < 1.29 is 33.4 Å². The molecule has 1 amide bonds. The molecule has 0 aliphatic carbocycles. The Morgan fingerprint density at radius 3 is 2.50 bits per heavy atom. The third-order valence-corrected chi connectivity index (χ3v) is 6.40. The fourth-order valence-corrected chi connectivity index (χ4v) is 4.63. The number of morpholine rings is 1. The monoisotopic (exact) mass is 471 g/mol. The van der Waals surface area contributed by atoms with Crippen molar-refractivity contribution in [1.29, 1.82) is 0 Å². The van der Waals surface area contributed by atoms with Crippen LogP contribution < -0.4 is 0 Å². The van der Waals surface area contributed by atoms with E-state index in [1.54, 1.807) is 32.9 Å². The molecule has 0 radical (unpaired) electrons. The predicted molar refractivity (Wildman–Crippen MR) is 121 cm³/mol. The van der Waals surface area contributed by atoms with E-state index in [0.29, 0.717) is 48.1 Å². The largest absolute Gasteiger partial charge is 0.507 e. The van der Waals surface area contributed by atoms with Gasteiger partial charge in [-0.25, -0.2) is 4.79 Å². The number of hydrogen-bond donors (Lipinski definition) is 2. The number of nitrogens with zero attached hydrogens (tertiary/aromatic N) is 2. The summed E-state index contributed by atoms with van der Waals surface area (Å²) >= 11 is 0. The predicted octanol–water partition coefficient (Wildman–Crippen LogP) is 2.07. The highest BCUT2D eigenvalue weighted by Crippen LogP contribution is 2.41. The molecule has 2 saturated heterocycles. The minimum Gasteiger partial charge on any atom is -0.507 e. The first-order chi connectivity index (χ1) is 16.2. The van der Waals surface area contributed by atoms with Crippen molar-refractivity contribution in [1.82, 2.24) is 14.8 Å². The van der Waals surface area contributed by atoms with Crippen molar-refractivity contribution in [2.24, 2.45) is 0 Å². The number of methoxy groups -OCH3 is 1. The number of aliphatic hydroxyl groups excluding tert-OH is 1. The molecule has 10 nitrogen and oxygen atoms in total. The van der Waals surface area contributed by atoms with Crippen molar-refractivity contribution in [2.75, 3.05) is 46.5 Å². The third kappa shape index (κ3) is 4.14. The van der Waals surface area contributed by atoms with Crippen molar-refractivity contribution >= 4 is 23.4 Å². The van der Waals surface area contributed by atoms with Crippen molar-refractivity contribution in [2.45, 2.75) is 26.8 Å². The second kappa shape index (κ2) is 9.47. The van der Waals surface area contributed by atoms with Gasteiger partial charge in [0.25, 0.3) is 11.7 Å². The van der Waals surface area contributed by atoms with Crippen LogP contribution in [-0.4, -0.2) is 84.1 Å². The van der Waals surface area contributed by atoms with E-state index in [2.05, 4.69) is 9.88 Å². The van der Waals surface area contributed by atoms with Crippen LogP contribution in [0.25, 0.3) is 5.76 Å². The number of aromatic amines is 1. The molecule has 10 heteroatoms. The number of likely N-dealkylation sites (tertiary alicyclic amines) is 1. The lowest BCUT2D eigenvalue weighted by Crippen LogP contribution is -2.42. The lowest BCUT2D eigenvalue weighted by atomic mass is 9.97. The van der Waals surface area contributed by atoms with Gasteiger partial charge in [-0.3, -0.25) is 14.5 Å². The summed E-state index contributed by atoms with van der Waals surface area (Å²) in [4.78, 5) is 45.0. The molecule has 34 heavy (non-hydrogen) atoms. The molecule has 2 aromatic rings. The van der Waals surface area contributed by atoms with E-state index in [1.807, 2.05) is 0 Å². The van der Waals surface area contributed by atoms with E-state index in [-0.39, 0.29) is 23.6 Å². The van der Waals surface area contributed by atoms with Crippen LogP contribution in [0.3, 0.4) is 0 Å². The van der Waals surface area contributed by atoms with Gasteiger partial charge in [0.2, 0.25) is 0 Å². The van der Waals surface area contributed by atoms with Gasteiger partial charge < -0.3 is 28.9 Å². The molecule has 2 aliphatic heterocycles. The Balaban J connectivity index is 1.78. The van der Waals surface area contributed by atoms with Crippen LogP contribution in [0.4, 0.5) is 0 Å². The molecule has 0 saturated carbocycles. The molecule has 0 bridgehead atoms.